The second-order valence-electron chi connectivity index (χ2n) is 4.10. The van der Waals surface area contributed by atoms with Crippen LogP contribution in [0, 0.1) is 0 Å². The summed E-state index contributed by atoms with van der Waals surface area (Å²) >= 11 is 1.62. The molecule has 4 nitrogen and oxygen atoms in total. The van der Waals surface area contributed by atoms with Crippen LogP contribution in [0.4, 0.5) is 0 Å². The molecular formula is C10H16N2O2S2. The number of rotatable bonds is 4. The number of hydrogen-bond donors (Lipinski definition) is 1. The topological polar surface area (TPSA) is 59.1 Å². The molecule has 1 aromatic heterocycles. The van der Waals surface area contributed by atoms with Gasteiger partial charge >= 0.3 is 0 Å². The molecular weight excluding hydrogens is 244 g/mol. The monoisotopic (exact) mass is 260 g/mol. The molecule has 6 heteroatoms. The Balaban J connectivity index is 1.98. The van der Waals surface area contributed by atoms with E-state index >= 15 is 0 Å². The molecule has 1 fully saturated rings. The molecule has 1 N–H and O–H groups in total. The van der Waals surface area contributed by atoms with Crippen molar-refractivity contribution in [1.82, 2.24) is 10.3 Å². The van der Waals surface area contributed by atoms with E-state index in [0.717, 1.165) is 17.8 Å². The highest BCUT2D eigenvalue weighted by Crippen LogP contribution is 2.22. The summed E-state index contributed by atoms with van der Waals surface area (Å²) < 4.78 is 22.7. The van der Waals surface area contributed by atoms with Gasteiger partial charge in [0.2, 0.25) is 0 Å². The van der Waals surface area contributed by atoms with Crippen LogP contribution in [0.2, 0.25) is 0 Å². The zero-order valence-corrected chi connectivity index (χ0v) is 10.9. The first-order chi connectivity index (χ1) is 7.61. The predicted octanol–water partition coefficient (Wildman–Crippen LogP) is 1.37. The molecule has 2 atom stereocenters. The van der Waals surface area contributed by atoms with E-state index in [1.807, 2.05) is 5.38 Å². The molecule has 1 aliphatic heterocycles. The van der Waals surface area contributed by atoms with Gasteiger partial charge in [0.05, 0.1) is 17.5 Å². The van der Waals surface area contributed by atoms with Crippen molar-refractivity contribution >= 4 is 21.2 Å². The largest absolute Gasteiger partial charge is 0.304 e. The Morgan fingerprint density at radius 1 is 1.69 bits per heavy atom. The maximum Gasteiger partial charge on any atom is 0.151 e. The summed E-state index contributed by atoms with van der Waals surface area (Å²) in [6.07, 6.45) is 3.45. The van der Waals surface area contributed by atoms with Gasteiger partial charge in [-0.05, 0) is 12.8 Å². The Hall–Kier alpha value is -0.460. The molecule has 90 valence electrons. The molecule has 1 aromatic rings. The van der Waals surface area contributed by atoms with Gasteiger partial charge in [0.15, 0.2) is 9.84 Å². The summed E-state index contributed by atoms with van der Waals surface area (Å²) in [6, 6.07) is 0.289. The van der Waals surface area contributed by atoms with Crippen LogP contribution in [0.25, 0.3) is 0 Å². The van der Waals surface area contributed by atoms with Crippen molar-refractivity contribution in [3.05, 3.63) is 16.6 Å². The summed E-state index contributed by atoms with van der Waals surface area (Å²) in [5, 5.41) is 6.39. The molecule has 2 heterocycles. The van der Waals surface area contributed by atoms with Crippen LogP contribution in [0.5, 0.6) is 0 Å². The van der Waals surface area contributed by atoms with E-state index in [0.29, 0.717) is 5.75 Å². The fourth-order valence-corrected chi connectivity index (χ4v) is 4.45. The first-order valence-corrected chi connectivity index (χ1v) is 8.16. The third kappa shape index (κ3) is 2.81. The highest BCUT2D eigenvalue weighted by molar-refractivity contribution is 7.91. The molecule has 2 rings (SSSR count). The average Bonchev–Trinajstić information content (AvgIpc) is 2.84. The highest BCUT2D eigenvalue weighted by Gasteiger charge is 2.29. The van der Waals surface area contributed by atoms with Crippen molar-refractivity contribution in [1.29, 1.82) is 0 Å². The number of sulfone groups is 1. The second-order valence-corrected chi connectivity index (χ2v) is 7.25. The lowest BCUT2D eigenvalue weighted by Gasteiger charge is -2.18. The van der Waals surface area contributed by atoms with Crippen LogP contribution in [-0.2, 0) is 9.84 Å². The molecule has 1 aliphatic rings. The average molecular weight is 260 g/mol. The molecule has 0 aromatic carbocycles. The Labute approximate surface area is 100 Å². The third-order valence-electron chi connectivity index (χ3n) is 2.83. The standard InChI is InChI=1S/C10H16N2O2S2/c1-2-9(10-11-4-5-15-10)12-8-3-6-16(13,14)7-8/h4-5,8-9,12H,2-3,6-7H2,1H3. The zero-order chi connectivity index (χ0) is 11.6. The number of aromatic nitrogens is 1. The van der Waals surface area contributed by atoms with Crippen molar-refractivity contribution in [3.63, 3.8) is 0 Å². The van der Waals surface area contributed by atoms with Gasteiger partial charge in [-0.2, -0.15) is 0 Å². The molecule has 0 aliphatic carbocycles. The van der Waals surface area contributed by atoms with Crippen molar-refractivity contribution < 1.29 is 8.42 Å². The van der Waals surface area contributed by atoms with E-state index in [1.165, 1.54) is 0 Å². The lowest BCUT2D eigenvalue weighted by molar-refractivity contribution is 0.448. The zero-order valence-electron chi connectivity index (χ0n) is 9.22. The summed E-state index contributed by atoms with van der Waals surface area (Å²) in [7, 11) is -2.80. The van der Waals surface area contributed by atoms with Crippen LogP contribution in [0.3, 0.4) is 0 Å². The Morgan fingerprint density at radius 2 is 2.50 bits per heavy atom. The van der Waals surface area contributed by atoms with Gasteiger partial charge in [-0.25, -0.2) is 13.4 Å². The predicted molar refractivity (Wildman–Crippen MR) is 65.3 cm³/mol. The lowest BCUT2D eigenvalue weighted by Crippen LogP contribution is -2.33. The number of nitrogens with zero attached hydrogens (tertiary/aromatic N) is 1. The summed E-state index contributed by atoms with van der Waals surface area (Å²) in [5.41, 5.74) is 0. The minimum absolute atomic E-state index is 0.0962. The molecule has 0 bridgehead atoms. The first-order valence-electron chi connectivity index (χ1n) is 5.46. The fourth-order valence-electron chi connectivity index (χ4n) is 1.98. The van der Waals surface area contributed by atoms with Gasteiger partial charge in [0, 0.05) is 17.6 Å². The van der Waals surface area contributed by atoms with Crippen LogP contribution < -0.4 is 5.32 Å². The maximum atomic E-state index is 11.3. The molecule has 0 spiro atoms. The van der Waals surface area contributed by atoms with E-state index in [-0.39, 0.29) is 17.8 Å². The van der Waals surface area contributed by atoms with Crippen molar-refractivity contribution in [2.75, 3.05) is 11.5 Å². The number of nitrogens with one attached hydrogen (secondary N) is 1. The SMILES string of the molecule is CCC(NC1CCS(=O)(=O)C1)c1nccs1. The van der Waals surface area contributed by atoms with E-state index < -0.39 is 9.84 Å². The molecule has 1 saturated heterocycles. The second kappa shape index (κ2) is 4.81. The first kappa shape index (κ1) is 12.0. The van der Waals surface area contributed by atoms with Gasteiger partial charge in [0.25, 0.3) is 0 Å². The number of thiazole rings is 1. The highest BCUT2D eigenvalue weighted by atomic mass is 32.2. The maximum absolute atomic E-state index is 11.3. The summed E-state index contributed by atoms with van der Waals surface area (Å²) in [6.45, 7) is 2.09. The normalized spacial score (nSPS) is 25.7. The lowest BCUT2D eigenvalue weighted by atomic mass is 10.2. The van der Waals surface area contributed by atoms with Crippen LogP contribution in [0.1, 0.15) is 30.8 Å². The molecule has 0 saturated carbocycles. The van der Waals surface area contributed by atoms with Gasteiger partial charge in [-0.15, -0.1) is 11.3 Å². The Morgan fingerprint density at radius 3 is 3.00 bits per heavy atom. The van der Waals surface area contributed by atoms with Gasteiger partial charge < -0.3 is 5.32 Å². The summed E-state index contributed by atoms with van der Waals surface area (Å²) in [5.74, 6) is 0.591. The number of hydrogen-bond acceptors (Lipinski definition) is 5. The van der Waals surface area contributed by atoms with Crippen molar-refractivity contribution in [2.24, 2.45) is 0 Å². The Bertz CT molecular complexity index is 428. The van der Waals surface area contributed by atoms with E-state index in [4.69, 9.17) is 0 Å². The quantitative estimate of drug-likeness (QED) is 0.888. The summed E-state index contributed by atoms with van der Waals surface area (Å²) in [4.78, 5) is 4.27. The molecule has 16 heavy (non-hydrogen) atoms. The molecule has 0 amide bonds. The minimum atomic E-state index is -2.80. The van der Waals surface area contributed by atoms with Crippen molar-refractivity contribution in [2.45, 2.75) is 31.8 Å². The fraction of sp³-hybridized carbons (Fsp3) is 0.700. The minimum Gasteiger partial charge on any atom is -0.304 e. The van der Waals surface area contributed by atoms with Gasteiger partial charge in [0.1, 0.15) is 5.01 Å². The van der Waals surface area contributed by atoms with Crippen LogP contribution in [-0.4, -0.2) is 30.9 Å². The molecule has 2 unspecified atom stereocenters. The van der Waals surface area contributed by atoms with Gasteiger partial charge in [-0.1, -0.05) is 6.92 Å². The van der Waals surface area contributed by atoms with Crippen LogP contribution >= 0.6 is 11.3 Å². The van der Waals surface area contributed by atoms with E-state index in [2.05, 4.69) is 17.2 Å². The Kier molecular flexibility index (Phi) is 3.61. The van der Waals surface area contributed by atoms with E-state index in [9.17, 15) is 8.42 Å². The smallest absolute Gasteiger partial charge is 0.151 e. The molecule has 0 radical (unpaired) electrons. The van der Waals surface area contributed by atoms with Crippen molar-refractivity contribution in [3.8, 4) is 0 Å². The van der Waals surface area contributed by atoms with Crippen LogP contribution in [0.15, 0.2) is 11.6 Å². The third-order valence-corrected chi connectivity index (χ3v) is 5.48. The van der Waals surface area contributed by atoms with E-state index in [1.54, 1.807) is 17.5 Å². The van der Waals surface area contributed by atoms with Gasteiger partial charge in [-0.3, -0.25) is 0 Å².